The fourth-order valence-corrected chi connectivity index (χ4v) is 1.42. The van der Waals surface area contributed by atoms with E-state index in [1.165, 1.54) is 6.92 Å². The number of nitrogens with two attached hydrogens (primary N) is 1. The molecule has 0 aromatic heterocycles. The van der Waals surface area contributed by atoms with Gasteiger partial charge in [-0.05, 0) is 18.6 Å². The highest BCUT2D eigenvalue weighted by molar-refractivity contribution is 7.81. The highest BCUT2D eigenvalue weighted by Crippen LogP contribution is 2.25. The number of anilines is 1. The molecule has 88 valence electrons. The monoisotopic (exact) mass is 249 g/mol. The van der Waals surface area contributed by atoms with Crippen LogP contribution in [0.25, 0.3) is 0 Å². The van der Waals surface area contributed by atoms with E-state index in [4.69, 9.17) is 10.8 Å². The summed E-state index contributed by atoms with van der Waals surface area (Å²) < 4.78 is 36.5. The van der Waals surface area contributed by atoms with Crippen molar-refractivity contribution in [3.63, 3.8) is 0 Å². The summed E-state index contributed by atoms with van der Waals surface area (Å²) in [6.45, 7) is 1.44. The third-order valence-corrected chi connectivity index (χ3v) is 2.24. The molecular weight excluding hydrogens is 241 g/mol. The second-order valence-corrected chi connectivity index (χ2v) is 3.92. The number of rotatable bonds is 3. The van der Waals surface area contributed by atoms with Crippen molar-refractivity contribution in [2.24, 2.45) is 0 Å². The molecule has 6 nitrogen and oxygen atoms in total. The number of benzene rings is 1. The number of nitrogen functional groups attached to an aromatic ring is 1. The average Bonchev–Trinajstić information content (AvgIpc) is 2.07. The SMILES string of the molecule is Cc1c(N)cc(OS(=O)(=O)F)cc1C(=O)O. The van der Waals surface area contributed by atoms with Gasteiger partial charge in [-0.25, -0.2) is 4.79 Å². The van der Waals surface area contributed by atoms with Crippen LogP contribution >= 0.6 is 0 Å². The van der Waals surface area contributed by atoms with Crippen LogP contribution in [0.1, 0.15) is 15.9 Å². The van der Waals surface area contributed by atoms with Gasteiger partial charge < -0.3 is 15.0 Å². The smallest absolute Gasteiger partial charge is 0.478 e. The van der Waals surface area contributed by atoms with Crippen LogP contribution in [0.15, 0.2) is 12.1 Å². The number of hydrogen-bond donors (Lipinski definition) is 2. The van der Waals surface area contributed by atoms with Crippen LogP contribution in [0.2, 0.25) is 0 Å². The van der Waals surface area contributed by atoms with E-state index in [0.717, 1.165) is 12.1 Å². The Morgan fingerprint density at radius 3 is 2.50 bits per heavy atom. The van der Waals surface area contributed by atoms with Crippen molar-refractivity contribution in [3.05, 3.63) is 23.3 Å². The Morgan fingerprint density at radius 2 is 2.06 bits per heavy atom. The Morgan fingerprint density at radius 1 is 1.50 bits per heavy atom. The summed E-state index contributed by atoms with van der Waals surface area (Å²) in [5, 5.41) is 8.76. The third kappa shape index (κ3) is 2.83. The number of halogens is 1. The standard InChI is InChI=1S/C8H8FNO5S/c1-4-6(8(11)12)2-5(3-7(4)10)15-16(9,13)14/h2-3H,10H2,1H3,(H,11,12). The second kappa shape index (κ2) is 3.97. The predicted octanol–water partition coefficient (Wildman–Crippen LogP) is 0.869. The van der Waals surface area contributed by atoms with Crippen LogP contribution in [0.5, 0.6) is 5.75 Å². The molecule has 0 fully saturated rings. The molecule has 0 atom stereocenters. The van der Waals surface area contributed by atoms with E-state index >= 15 is 0 Å². The fraction of sp³-hybridized carbons (Fsp3) is 0.125. The van der Waals surface area contributed by atoms with Crippen LogP contribution in [-0.2, 0) is 10.5 Å². The molecule has 1 aromatic rings. The maximum Gasteiger partial charge on any atom is 0.488 e. The molecule has 0 spiro atoms. The van der Waals surface area contributed by atoms with Crippen LogP contribution in [0, 0.1) is 6.92 Å². The minimum absolute atomic E-state index is 0.00134. The van der Waals surface area contributed by atoms with E-state index in [1.54, 1.807) is 0 Å². The third-order valence-electron chi connectivity index (χ3n) is 1.85. The lowest BCUT2D eigenvalue weighted by Gasteiger charge is -2.07. The summed E-state index contributed by atoms with van der Waals surface area (Å²) in [5.74, 6) is -1.80. The van der Waals surface area contributed by atoms with Gasteiger partial charge >= 0.3 is 16.5 Å². The highest BCUT2D eigenvalue weighted by atomic mass is 32.3. The van der Waals surface area contributed by atoms with Gasteiger partial charge in [0.15, 0.2) is 0 Å². The zero-order valence-corrected chi connectivity index (χ0v) is 8.91. The molecule has 0 unspecified atom stereocenters. The molecule has 1 rings (SSSR count). The topological polar surface area (TPSA) is 107 Å². The van der Waals surface area contributed by atoms with Gasteiger partial charge in [-0.2, -0.15) is 8.42 Å². The number of aromatic carboxylic acids is 1. The van der Waals surface area contributed by atoms with Gasteiger partial charge in [0.1, 0.15) is 5.75 Å². The Bertz CT molecular complexity index is 540. The largest absolute Gasteiger partial charge is 0.488 e. The van der Waals surface area contributed by atoms with Crippen LogP contribution in [0.3, 0.4) is 0 Å². The molecule has 0 radical (unpaired) electrons. The van der Waals surface area contributed by atoms with Crippen LogP contribution in [-0.4, -0.2) is 19.5 Å². The lowest BCUT2D eigenvalue weighted by molar-refractivity contribution is 0.0695. The van der Waals surface area contributed by atoms with Gasteiger partial charge in [0.25, 0.3) is 0 Å². The minimum atomic E-state index is -5.20. The number of carbonyl (C=O) groups is 1. The summed E-state index contributed by atoms with van der Waals surface area (Å²) in [7, 11) is -5.20. The van der Waals surface area contributed by atoms with Crippen molar-refractivity contribution in [1.82, 2.24) is 0 Å². The molecule has 0 aliphatic rings. The Hall–Kier alpha value is -1.83. The van der Waals surface area contributed by atoms with Crippen LogP contribution < -0.4 is 9.92 Å². The summed E-state index contributed by atoms with van der Waals surface area (Å²) in [6.07, 6.45) is 0. The van der Waals surface area contributed by atoms with E-state index < -0.39 is 22.2 Å². The first kappa shape index (κ1) is 12.2. The quantitative estimate of drug-likeness (QED) is 0.608. The van der Waals surface area contributed by atoms with E-state index in [2.05, 4.69) is 4.18 Å². The van der Waals surface area contributed by atoms with Gasteiger partial charge in [-0.1, -0.05) is 3.89 Å². The summed E-state index contributed by atoms with van der Waals surface area (Å²) in [6, 6.07) is 1.91. The van der Waals surface area contributed by atoms with E-state index in [9.17, 15) is 17.1 Å². The summed E-state index contributed by atoms with van der Waals surface area (Å²) in [5.41, 5.74) is 5.41. The van der Waals surface area contributed by atoms with Crippen molar-refractivity contribution in [3.8, 4) is 5.75 Å². The van der Waals surface area contributed by atoms with Crippen LogP contribution in [0.4, 0.5) is 9.57 Å². The van der Waals surface area contributed by atoms with Gasteiger partial charge in [-0.15, -0.1) is 0 Å². The van der Waals surface area contributed by atoms with E-state index in [1.807, 2.05) is 0 Å². The van der Waals surface area contributed by atoms with Gasteiger partial charge in [-0.3, -0.25) is 0 Å². The average molecular weight is 249 g/mol. The highest BCUT2D eigenvalue weighted by Gasteiger charge is 2.16. The molecule has 0 amide bonds. The lowest BCUT2D eigenvalue weighted by Crippen LogP contribution is -2.07. The molecule has 0 heterocycles. The fourth-order valence-electron chi connectivity index (χ4n) is 1.09. The maximum atomic E-state index is 12.2. The molecule has 1 aromatic carbocycles. The zero-order chi connectivity index (χ0) is 12.5. The van der Waals surface area contributed by atoms with Gasteiger partial charge in [0.05, 0.1) is 5.56 Å². The first-order chi connectivity index (χ1) is 7.20. The minimum Gasteiger partial charge on any atom is -0.478 e. The molecule has 0 aliphatic carbocycles. The van der Waals surface area contributed by atoms with Crippen molar-refractivity contribution >= 4 is 22.2 Å². The van der Waals surface area contributed by atoms with E-state index in [-0.39, 0.29) is 16.8 Å². The van der Waals surface area contributed by atoms with Crippen molar-refractivity contribution in [1.29, 1.82) is 0 Å². The Kier molecular flexibility index (Phi) is 3.04. The maximum absolute atomic E-state index is 12.2. The lowest BCUT2D eigenvalue weighted by atomic mass is 10.1. The van der Waals surface area contributed by atoms with Gasteiger partial charge in [0, 0.05) is 11.8 Å². The first-order valence-electron chi connectivity index (χ1n) is 3.98. The summed E-state index contributed by atoms with van der Waals surface area (Å²) in [4.78, 5) is 10.7. The normalized spacial score (nSPS) is 11.1. The zero-order valence-electron chi connectivity index (χ0n) is 8.10. The molecule has 0 aliphatic heterocycles. The molecule has 3 N–H and O–H groups in total. The molecule has 0 saturated heterocycles. The molecular formula is C8H8FNO5S. The van der Waals surface area contributed by atoms with Crippen molar-refractivity contribution in [2.45, 2.75) is 6.92 Å². The Balaban J connectivity index is 3.30. The predicted molar refractivity (Wildman–Crippen MR) is 53.2 cm³/mol. The molecule has 0 bridgehead atoms. The number of carboxylic acids is 1. The molecule has 8 heteroatoms. The van der Waals surface area contributed by atoms with E-state index in [0.29, 0.717) is 0 Å². The molecule has 16 heavy (non-hydrogen) atoms. The Labute approximate surface area is 90.9 Å². The van der Waals surface area contributed by atoms with Gasteiger partial charge in [0.2, 0.25) is 0 Å². The number of carboxylic acid groups (broad SMARTS) is 1. The first-order valence-corrected chi connectivity index (χ1v) is 5.29. The number of hydrogen-bond acceptors (Lipinski definition) is 5. The van der Waals surface area contributed by atoms with Crippen molar-refractivity contribution < 1.29 is 26.4 Å². The molecule has 0 saturated carbocycles. The van der Waals surface area contributed by atoms with Crippen molar-refractivity contribution in [2.75, 3.05) is 5.73 Å². The second-order valence-electron chi connectivity index (χ2n) is 2.97. The summed E-state index contributed by atoms with van der Waals surface area (Å²) >= 11 is 0.